The van der Waals surface area contributed by atoms with Crippen molar-refractivity contribution in [2.45, 2.75) is 51.9 Å². The number of amides is 1. The van der Waals surface area contributed by atoms with E-state index in [2.05, 4.69) is 0 Å². The van der Waals surface area contributed by atoms with Crippen molar-refractivity contribution in [1.82, 2.24) is 4.90 Å². The van der Waals surface area contributed by atoms with Crippen LogP contribution in [0.25, 0.3) is 0 Å². The zero-order valence-corrected chi connectivity index (χ0v) is 9.33. The molecule has 0 aromatic rings. The van der Waals surface area contributed by atoms with Crippen LogP contribution in [0.5, 0.6) is 0 Å². The molecule has 1 N–H and O–H groups in total. The fraction of sp³-hybridized carbons (Fsp3) is 0.900. The molecule has 1 fully saturated rings. The van der Waals surface area contributed by atoms with Gasteiger partial charge in [-0.3, -0.25) is 4.90 Å². The molecule has 14 heavy (non-hydrogen) atoms. The minimum absolute atomic E-state index is 0.431. The lowest BCUT2D eigenvalue weighted by atomic mass is 10.2. The summed E-state index contributed by atoms with van der Waals surface area (Å²) in [6.45, 7) is 7.66. The molecule has 0 radical (unpaired) electrons. The number of nitrogens with zero attached hydrogens (tertiary/aromatic N) is 1. The molecule has 4 heteroatoms. The van der Waals surface area contributed by atoms with Gasteiger partial charge >= 0.3 is 6.09 Å². The first-order valence-electron chi connectivity index (χ1n) is 4.95. The standard InChI is InChI=1S/C10H19NO3/c1-9(2,3)14-8(12)11-7-5-6-10(11,4)13/h13H,5-7H2,1-4H3/t10-/m0/s1. The Labute approximate surface area is 84.8 Å². The van der Waals surface area contributed by atoms with Gasteiger partial charge < -0.3 is 9.84 Å². The summed E-state index contributed by atoms with van der Waals surface area (Å²) in [7, 11) is 0. The molecule has 1 amide bonds. The van der Waals surface area contributed by atoms with Gasteiger partial charge in [0.15, 0.2) is 0 Å². The van der Waals surface area contributed by atoms with E-state index in [1.807, 2.05) is 20.8 Å². The molecule has 0 aromatic heterocycles. The Balaban J connectivity index is 2.62. The van der Waals surface area contributed by atoms with E-state index in [1.54, 1.807) is 6.92 Å². The number of hydrogen-bond acceptors (Lipinski definition) is 3. The lowest BCUT2D eigenvalue weighted by molar-refractivity contribution is -0.0710. The maximum absolute atomic E-state index is 11.6. The normalized spacial score (nSPS) is 27.9. The number of carbonyl (C=O) groups is 1. The second kappa shape index (κ2) is 3.42. The molecule has 0 unspecified atom stereocenters. The number of aliphatic hydroxyl groups is 1. The van der Waals surface area contributed by atoms with Crippen LogP contribution >= 0.6 is 0 Å². The van der Waals surface area contributed by atoms with Crippen molar-refractivity contribution in [1.29, 1.82) is 0 Å². The molecule has 0 spiro atoms. The Bertz CT molecular complexity index is 230. The highest BCUT2D eigenvalue weighted by atomic mass is 16.6. The molecule has 0 bridgehead atoms. The first-order chi connectivity index (χ1) is 6.22. The summed E-state index contributed by atoms with van der Waals surface area (Å²) in [6.07, 6.45) is 1.01. The molecule has 1 aliphatic rings. The average molecular weight is 201 g/mol. The molecule has 1 rings (SSSR count). The lowest BCUT2D eigenvalue weighted by Crippen LogP contribution is -2.47. The highest BCUT2D eigenvalue weighted by Gasteiger charge is 2.39. The van der Waals surface area contributed by atoms with Crippen LogP contribution in [0, 0.1) is 0 Å². The fourth-order valence-electron chi connectivity index (χ4n) is 1.55. The monoisotopic (exact) mass is 201 g/mol. The molecule has 1 atom stereocenters. The third kappa shape index (κ3) is 2.61. The van der Waals surface area contributed by atoms with Gasteiger partial charge in [0.2, 0.25) is 0 Å². The summed E-state index contributed by atoms with van der Waals surface area (Å²) in [6, 6.07) is 0. The topological polar surface area (TPSA) is 49.8 Å². The molecule has 1 heterocycles. The van der Waals surface area contributed by atoms with Crippen LogP contribution in [0.3, 0.4) is 0 Å². The van der Waals surface area contributed by atoms with Crippen LogP contribution in [0.4, 0.5) is 4.79 Å². The fourth-order valence-corrected chi connectivity index (χ4v) is 1.55. The molecule has 82 valence electrons. The van der Waals surface area contributed by atoms with Gasteiger partial charge in [-0.15, -0.1) is 0 Å². The number of likely N-dealkylation sites (tertiary alicyclic amines) is 1. The Morgan fingerprint density at radius 2 is 2.07 bits per heavy atom. The lowest BCUT2D eigenvalue weighted by Gasteiger charge is -2.32. The molecule has 0 aliphatic carbocycles. The predicted octanol–water partition coefficient (Wildman–Crippen LogP) is 1.73. The van der Waals surface area contributed by atoms with Crippen LogP contribution < -0.4 is 0 Å². The molecular formula is C10H19NO3. The van der Waals surface area contributed by atoms with Crippen molar-refractivity contribution in [3.05, 3.63) is 0 Å². The van der Waals surface area contributed by atoms with E-state index in [4.69, 9.17) is 4.74 Å². The van der Waals surface area contributed by atoms with Crippen molar-refractivity contribution in [2.24, 2.45) is 0 Å². The van der Waals surface area contributed by atoms with Crippen molar-refractivity contribution in [2.75, 3.05) is 6.54 Å². The van der Waals surface area contributed by atoms with Gasteiger partial charge in [0.05, 0.1) is 0 Å². The summed E-state index contributed by atoms with van der Waals surface area (Å²) in [5.74, 6) is 0. The molecule has 4 nitrogen and oxygen atoms in total. The minimum Gasteiger partial charge on any atom is -0.444 e. The van der Waals surface area contributed by atoms with E-state index in [1.165, 1.54) is 4.90 Å². The van der Waals surface area contributed by atoms with Gasteiger partial charge in [0.25, 0.3) is 0 Å². The zero-order chi connectivity index (χ0) is 11.0. The van der Waals surface area contributed by atoms with Crippen molar-refractivity contribution in [3.63, 3.8) is 0 Å². The largest absolute Gasteiger partial charge is 0.444 e. The summed E-state index contributed by atoms with van der Waals surface area (Å²) in [5, 5.41) is 9.85. The maximum atomic E-state index is 11.6. The number of carbonyl (C=O) groups excluding carboxylic acids is 1. The number of rotatable bonds is 0. The SMILES string of the molecule is CC(C)(C)OC(=O)N1CCC[C@]1(C)O. The average Bonchev–Trinajstić information content (AvgIpc) is 2.25. The first kappa shape index (κ1) is 11.3. The van der Waals surface area contributed by atoms with Crippen LogP contribution in [0.2, 0.25) is 0 Å². The summed E-state index contributed by atoms with van der Waals surface area (Å²) in [5.41, 5.74) is -1.54. The number of ether oxygens (including phenoxy) is 1. The quantitative estimate of drug-likeness (QED) is 0.649. The highest BCUT2D eigenvalue weighted by Crippen LogP contribution is 2.27. The van der Waals surface area contributed by atoms with E-state index in [0.29, 0.717) is 13.0 Å². The van der Waals surface area contributed by atoms with Crippen molar-refractivity contribution >= 4 is 6.09 Å². The van der Waals surface area contributed by atoms with Crippen LogP contribution in [-0.4, -0.2) is 34.0 Å². The molecule has 0 aromatic carbocycles. The van der Waals surface area contributed by atoms with Gasteiger partial charge in [-0.2, -0.15) is 0 Å². The van der Waals surface area contributed by atoms with Gasteiger partial charge in [-0.1, -0.05) is 0 Å². The molecule has 0 saturated carbocycles. The van der Waals surface area contributed by atoms with Gasteiger partial charge in [-0.05, 0) is 40.5 Å². The van der Waals surface area contributed by atoms with Crippen molar-refractivity contribution < 1.29 is 14.6 Å². The van der Waals surface area contributed by atoms with Gasteiger partial charge in [0.1, 0.15) is 11.3 Å². The zero-order valence-electron chi connectivity index (χ0n) is 9.33. The highest BCUT2D eigenvalue weighted by molar-refractivity contribution is 5.69. The first-order valence-corrected chi connectivity index (χ1v) is 4.95. The smallest absolute Gasteiger partial charge is 0.412 e. The summed E-state index contributed by atoms with van der Waals surface area (Å²) < 4.78 is 5.18. The van der Waals surface area contributed by atoms with Gasteiger partial charge in [-0.25, -0.2) is 4.79 Å². The Morgan fingerprint density at radius 3 is 2.43 bits per heavy atom. The third-order valence-corrected chi connectivity index (χ3v) is 2.23. The predicted molar refractivity (Wildman–Crippen MR) is 52.8 cm³/mol. The van der Waals surface area contributed by atoms with Crippen LogP contribution in [0.1, 0.15) is 40.5 Å². The summed E-state index contributed by atoms with van der Waals surface area (Å²) in [4.78, 5) is 13.0. The number of hydrogen-bond donors (Lipinski definition) is 1. The minimum atomic E-state index is -1.04. The van der Waals surface area contributed by atoms with Gasteiger partial charge in [0, 0.05) is 6.54 Å². The van der Waals surface area contributed by atoms with Crippen molar-refractivity contribution in [3.8, 4) is 0 Å². The van der Waals surface area contributed by atoms with E-state index >= 15 is 0 Å². The second-order valence-electron chi connectivity index (χ2n) is 4.95. The Kier molecular flexibility index (Phi) is 2.76. The van der Waals surface area contributed by atoms with E-state index in [9.17, 15) is 9.90 Å². The van der Waals surface area contributed by atoms with E-state index < -0.39 is 17.4 Å². The molecule has 1 saturated heterocycles. The molecular weight excluding hydrogens is 182 g/mol. The third-order valence-electron chi connectivity index (χ3n) is 2.23. The Hall–Kier alpha value is -0.770. The maximum Gasteiger partial charge on any atom is 0.412 e. The second-order valence-corrected chi connectivity index (χ2v) is 4.95. The van der Waals surface area contributed by atoms with Crippen LogP contribution in [-0.2, 0) is 4.74 Å². The molecule has 1 aliphatic heterocycles. The Morgan fingerprint density at radius 1 is 1.50 bits per heavy atom. The summed E-state index contributed by atoms with van der Waals surface area (Å²) >= 11 is 0. The van der Waals surface area contributed by atoms with Crippen LogP contribution in [0.15, 0.2) is 0 Å². The van der Waals surface area contributed by atoms with E-state index in [-0.39, 0.29) is 0 Å². The van der Waals surface area contributed by atoms with E-state index in [0.717, 1.165) is 6.42 Å².